The monoisotopic (exact) mass is 776 g/mol. The van der Waals surface area contributed by atoms with Crippen LogP contribution in [-0.4, -0.2) is 86.6 Å². The molecule has 0 spiro atoms. The number of hydrogen-bond acceptors (Lipinski definition) is 8. The topological polar surface area (TPSA) is 259 Å². The van der Waals surface area contributed by atoms with Gasteiger partial charge in [-0.25, -0.2) is 4.98 Å². The van der Waals surface area contributed by atoms with Gasteiger partial charge in [0.15, 0.2) is 0 Å². The Balaban J connectivity index is 1.32. The van der Waals surface area contributed by atoms with Gasteiger partial charge in [0.1, 0.15) is 30.2 Å². The number of carbonyl (C=O) groups excluding carboxylic acids is 6. The van der Waals surface area contributed by atoms with E-state index in [1.807, 2.05) is 36.4 Å². The van der Waals surface area contributed by atoms with E-state index in [9.17, 15) is 28.8 Å². The summed E-state index contributed by atoms with van der Waals surface area (Å²) in [6, 6.07) is 18.8. The molecule has 0 radical (unpaired) electrons. The maximum atomic E-state index is 14.0. The standard InChI is InChI=1S/C41H48N10O6/c1-24(36(43)52)47-39(55)33(17-26-11-5-3-6-12-26)51-41(57)34(18-27-13-7-4-8-14-27)49-37(53)25(2)48-40(56)35(19-28-21-45-32-16-10-9-15-30(28)32)50-38(54)31(42)20-29-22-44-23-46-29/h3-16,21-25,31,33-35,45H,17-20,42H2,1-2H3,(H2,43,52)(H,44,46)(H,47,55)(H,48,56)(H,49,53)(H,50,54)(H,51,57)/t24-,25-,31-,33+,34-,35+/m0/s1. The number of nitrogens with one attached hydrogen (secondary N) is 7. The molecule has 16 nitrogen and oxygen atoms in total. The Bertz CT molecular complexity index is 2140. The highest BCUT2D eigenvalue weighted by Crippen LogP contribution is 2.19. The lowest BCUT2D eigenvalue weighted by Gasteiger charge is -2.26. The second-order valence-corrected chi connectivity index (χ2v) is 13.9. The number of imidazole rings is 1. The van der Waals surface area contributed by atoms with Gasteiger partial charge < -0.3 is 48.0 Å². The highest BCUT2D eigenvalue weighted by Gasteiger charge is 2.32. The maximum absolute atomic E-state index is 14.0. The van der Waals surface area contributed by atoms with Crippen LogP contribution in [0.1, 0.15) is 36.2 Å². The van der Waals surface area contributed by atoms with Crippen LogP contribution in [0.15, 0.2) is 104 Å². The van der Waals surface area contributed by atoms with Gasteiger partial charge in [-0.1, -0.05) is 78.9 Å². The maximum Gasteiger partial charge on any atom is 0.243 e. The molecular weight excluding hydrogens is 729 g/mol. The van der Waals surface area contributed by atoms with Crippen LogP contribution in [0.5, 0.6) is 0 Å². The van der Waals surface area contributed by atoms with Crippen LogP contribution in [0.4, 0.5) is 0 Å². The van der Waals surface area contributed by atoms with E-state index in [1.54, 1.807) is 60.9 Å². The Labute approximate surface area is 329 Å². The highest BCUT2D eigenvalue weighted by atomic mass is 16.2. The first-order chi connectivity index (χ1) is 27.4. The fraction of sp³-hybridized carbons (Fsp3) is 0.293. The molecule has 0 saturated carbocycles. The minimum atomic E-state index is -1.19. The molecule has 0 fully saturated rings. The van der Waals surface area contributed by atoms with E-state index in [0.29, 0.717) is 11.3 Å². The number of aromatic amines is 2. The number of fused-ring (bicyclic) bond motifs is 1. The van der Waals surface area contributed by atoms with Crippen molar-refractivity contribution in [2.75, 3.05) is 0 Å². The van der Waals surface area contributed by atoms with E-state index in [1.165, 1.54) is 20.2 Å². The molecule has 0 aliphatic heterocycles. The lowest BCUT2D eigenvalue weighted by Crippen LogP contribution is -2.59. The zero-order valence-corrected chi connectivity index (χ0v) is 31.7. The number of rotatable bonds is 19. The largest absolute Gasteiger partial charge is 0.368 e. The molecule has 298 valence electrons. The van der Waals surface area contributed by atoms with Gasteiger partial charge in [0.05, 0.1) is 12.4 Å². The number of amides is 6. The molecule has 5 aromatic rings. The van der Waals surface area contributed by atoms with E-state index in [2.05, 4.69) is 41.5 Å². The van der Waals surface area contributed by atoms with Crippen molar-refractivity contribution < 1.29 is 28.8 Å². The average molecular weight is 777 g/mol. The molecule has 57 heavy (non-hydrogen) atoms. The molecule has 0 aliphatic carbocycles. The van der Waals surface area contributed by atoms with Crippen LogP contribution >= 0.6 is 0 Å². The highest BCUT2D eigenvalue weighted by molar-refractivity contribution is 5.97. The minimum absolute atomic E-state index is 0.0455. The lowest BCUT2D eigenvalue weighted by molar-refractivity contribution is -0.134. The van der Waals surface area contributed by atoms with Crippen molar-refractivity contribution >= 4 is 46.3 Å². The molecule has 6 atom stereocenters. The van der Waals surface area contributed by atoms with Crippen LogP contribution in [0, 0.1) is 0 Å². The quantitative estimate of drug-likeness (QED) is 0.0567. The molecule has 0 aliphatic rings. The summed E-state index contributed by atoms with van der Waals surface area (Å²) in [4.78, 5) is 90.1. The number of aromatic nitrogens is 3. The summed E-state index contributed by atoms with van der Waals surface area (Å²) in [7, 11) is 0. The third-order valence-corrected chi connectivity index (χ3v) is 9.43. The van der Waals surface area contributed by atoms with Crippen LogP contribution in [0.25, 0.3) is 10.9 Å². The number of primary amides is 1. The summed E-state index contributed by atoms with van der Waals surface area (Å²) < 4.78 is 0. The predicted molar refractivity (Wildman–Crippen MR) is 213 cm³/mol. The number of benzene rings is 3. The average Bonchev–Trinajstić information content (AvgIpc) is 3.87. The summed E-state index contributed by atoms with van der Waals surface area (Å²) in [6.07, 6.45) is 5.13. The van der Waals surface area contributed by atoms with Crippen molar-refractivity contribution in [2.24, 2.45) is 11.5 Å². The third-order valence-electron chi connectivity index (χ3n) is 9.43. The number of H-pyrrole nitrogens is 2. The lowest BCUT2D eigenvalue weighted by atomic mass is 10.0. The van der Waals surface area contributed by atoms with E-state index in [0.717, 1.165) is 22.0 Å². The first-order valence-corrected chi connectivity index (χ1v) is 18.5. The smallest absolute Gasteiger partial charge is 0.243 e. The van der Waals surface area contributed by atoms with Gasteiger partial charge >= 0.3 is 0 Å². The van der Waals surface area contributed by atoms with Crippen molar-refractivity contribution in [3.05, 3.63) is 126 Å². The zero-order valence-electron chi connectivity index (χ0n) is 31.7. The SMILES string of the molecule is C[C@H](NC(=O)[C@@H](Cc1ccccc1)NC(=O)[C@H](Cc1ccccc1)NC(=O)[C@H](C)NC(=O)[C@@H](Cc1c[nH]c2ccccc12)NC(=O)[C@@H](N)Cc1cnc[nH]1)C(N)=O. The van der Waals surface area contributed by atoms with E-state index in [4.69, 9.17) is 11.5 Å². The third kappa shape index (κ3) is 11.8. The Hall–Kier alpha value is -6.81. The van der Waals surface area contributed by atoms with Gasteiger partial charge in [0.25, 0.3) is 0 Å². The van der Waals surface area contributed by atoms with E-state index < -0.39 is 71.7 Å². The van der Waals surface area contributed by atoms with E-state index in [-0.39, 0.29) is 25.7 Å². The first-order valence-electron chi connectivity index (χ1n) is 18.5. The van der Waals surface area contributed by atoms with Crippen molar-refractivity contribution in [3.63, 3.8) is 0 Å². The van der Waals surface area contributed by atoms with Crippen LogP contribution in [-0.2, 0) is 54.5 Å². The number of nitrogens with two attached hydrogens (primary N) is 2. The van der Waals surface area contributed by atoms with E-state index >= 15 is 0 Å². The number of nitrogens with zero attached hydrogens (tertiary/aromatic N) is 1. The summed E-state index contributed by atoms with van der Waals surface area (Å²) in [5.41, 5.74) is 15.3. The van der Waals surface area contributed by atoms with Crippen molar-refractivity contribution in [1.29, 1.82) is 0 Å². The van der Waals surface area contributed by atoms with Crippen LogP contribution in [0.2, 0.25) is 0 Å². The van der Waals surface area contributed by atoms with Gasteiger partial charge in [0, 0.05) is 54.7 Å². The molecular formula is C41H48N10O6. The Morgan fingerprint density at radius 3 is 1.68 bits per heavy atom. The molecule has 0 saturated heterocycles. The molecule has 3 aromatic carbocycles. The molecule has 0 unspecified atom stereocenters. The molecule has 6 amide bonds. The molecule has 16 heteroatoms. The number of para-hydroxylation sites is 1. The summed E-state index contributed by atoms with van der Waals surface area (Å²) in [6.45, 7) is 2.89. The normalized spacial score (nSPS) is 14.2. The predicted octanol–water partition coefficient (Wildman–Crippen LogP) is 0.438. The molecule has 0 bridgehead atoms. The second-order valence-electron chi connectivity index (χ2n) is 13.9. The van der Waals surface area contributed by atoms with Crippen molar-refractivity contribution in [3.8, 4) is 0 Å². The second kappa shape index (κ2) is 19.7. The fourth-order valence-corrected chi connectivity index (χ4v) is 6.19. The summed E-state index contributed by atoms with van der Waals surface area (Å²) in [5, 5.41) is 14.3. The van der Waals surface area contributed by atoms with Gasteiger partial charge in [0.2, 0.25) is 35.4 Å². The number of hydrogen-bond donors (Lipinski definition) is 9. The zero-order chi connectivity index (χ0) is 40.9. The van der Waals surface area contributed by atoms with Gasteiger partial charge in [-0.2, -0.15) is 0 Å². The van der Waals surface area contributed by atoms with Crippen molar-refractivity contribution in [2.45, 2.75) is 75.8 Å². The molecule has 2 heterocycles. The molecule has 11 N–H and O–H groups in total. The van der Waals surface area contributed by atoms with Crippen LogP contribution in [0.3, 0.4) is 0 Å². The minimum Gasteiger partial charge on any atom is -0.368 e. The van der Waals surface area contributed by atoms with Gasteiger partial charge in [-0.3, -0.25) is 28.8 Å². The van der Waals surface area contributed by atoms with Crippen molar-refractivity contribution in [1.82, 2.24) is 41.5 Å². The van der Waals surface area contributed by atoms with Gasteiger partial charge in [-0.05, 0) is 36.6 Å². The van der Waals surface area contributed by atoms with Crippen LogP contribution < -0.4 is 38.1 Å². The molecule has 2 aromatic heterocycles. The Morgan fingerprint density at radius 2 is 1.11 bits per heavy atom. The first kappa shape index (κ1) is 41.4. The Morgan fingerprint density at radius 1 is 0.596 bits per heavy atom. The summed E-state index contributed by atoms with van der Waals surface area (Å²) >= 11 is 0. The Kier molecular flexibility index (Phi) is 14.3. The fourth-order valence-electron chi connectivity index (χ4n) is 6.19. The van der Waals surface area contributed by atoms with Gasteiger partial charge in [-0.15, -0.1) is 0 Å². The molecule has 5 rings (SSSR count). The summed E-state index contributed by atoms with van der Waals surface area (Å²) in [5.74, 6) is -4.00. The number of carbonyl (C=O) groups is 6.